The van der Waals surface area contributed by atoms with Gasteiger partial charge in [0.25, 0.3) is 0 Å². The first-order valence-corrected chi connectivity index (χ1v) is 6.17. The van der Waals surface area contributed by atoms with Crippen molar-refractivity contribution in [1.82, 2.24) is 0 Å². The van der Waals surface area contributed by atoms with Gasteiger partial charge < -0.3 is 4.74 Å². The molecular weight excluding hydrogens is 212 g/mol. The van der Waals surface area contributed by atoms with Gasteiger partial charge >= 0.3 is 0 Å². The maximum Gasteiger partial charge on any atom is 0.188 e. The molecule has 1 aromatic rings. The molecule has 2 rings (SSSR count). The van der Waals surface area contributed by atoms with Gasteiger partial charge in [-0.25, -0.2) is 0 Å². The molecule has 0 heterocycles. The lowest BCUT2D eigenvalue weighted by Gasteiger charge is -2.09. The summed E-state index contributed by atoms with van der Waals surface area (Å²) in [5, 5.41) is 0. The molecule has 90 valence electrons. The van der Waals surface area contributed by atoms with Crippen LogP contribution in [0.1, 0.15) is 43.5 Å². The van der Waals surface area contributed by atoms with Crippen LogP contribution in [-0.2, 0) is 0 Å². The largest absolute Gasteiger partial charge is 0.491 e. The van der Waals surface area contributed by atoms with Crippen molar-refractivity contribution in [2.24, 2.45) is 0 Å². The first-order valence-electron chi connectivity index (χ1n) is 6.17. The molecule has 0 amide bonds. The van der Waals surface area contributed by atoms with Crippen LogP contribution in [0.4, 0.5) is 0 Å². The predicted molar refractivity (Wildman–Crippen MR) is 68.5 cm³/mol. The fourth-order valence-corrected chi connectivity index (χ4v) is 2.02. The van der Waals surface area contributed by atoms with Crippen molar-refractivity contribution in [3.63, 3.8) is 0 Å². The Hall–Kier alpha value is -1.57. The molecule has 17 heavy (non-hydrogen) atoms. The molecule has 0 aromatic heterocycles. The van der Waals surface area contributed by atoms with Crippen molar-refractivity contribution in [1.29, 1.82) is 0 Å². The summed E-state index contributed by atoms with van der Waals surface area (Å²) in [5.41, 5.74) is 1.72. The van der Waals surface area contributed by atoms with Crippen molar-refractivity contribution < 1.29 is 9.53 Å². The van der Waals surface area contributed by atoms with E-state index in [1.165, 1.54) is 0 Å². The molecule has 1 aliphatic rings. The second-order valence-electron chi connectivity index (χ2n) is 4.64. The first-order chi connectivity index (χ1) is 8.16. The average Bonchev–Trinajstić information content (AvgIpc) is 2.82. The lowest BCUT2D eigenvalue weighted by molar-refractivity contribution is 0.103. The van der Waals surface area contributed by atoms with Gasteiger partial charge in [0.05, 0.1) is 6.10 Å². The van der Waals surface area contributed by atoms with Crippen molar-refractivity contribution in [3.8, 4) is 5.75 Å². The molecule has 1 aliphatic carbocycles. The predicted octanol–water partition coefficient (Wildman–Crippen LogP) is 3.77. The number of hydrogen-bond acceptors (Lipinski definition) is 2. The molecule has 0 aliphatic heterocycles. The summed E-state index contributed by atoms with van der Waals surface area (Å²) in [4.78, 5) is 12.1. The van der Waals surface area contributed by atoms with Gasteiger partial charge in [-0.2, -0.15) is 0 Å². The van der Waals surface area contributed by atoms with Crippen molar-refractivity contribution in [2.45, 2.75) is 39.2 Å². The number of ether oxygens (including phenoxy) is 1. The SMILES string of the molecule is CC(C)Oc1ccc(C(=O)C2=CCCC2)cc1. The molecule has 0 N–H and O–H groups in total. The van der Waals surface area contributed by atoms with Gasteiger partial charge in [-0.3, -0.25) is 4.79 Å². The van der Waals surface area contributed by atoms with E-state index in [1.807, 2.05) is 38.1 Å². The number of carbonyl (C=O) groups is 1. The standard InChI is InChI=1S/C15H18O2/c1-11(2)17-14-9-7-13(8-10-14)15(16)12-5-3-4-6-12/h5,7-11H,3-4,6H2,1-2H3. The molecule has 1 aromatic carbocycles. The third kappa shape index (κ3) is 2.96. The maximum absolute atomic E-state index is 12.1. The number of hydrogen-bond donors (Lipinski definition) is 0. The highest BCUT2D eigenvalue weighted by atomic mass is 16.5. The van der Waals surface area contributed by atoms with Crippen LogP contribution in [0.15, 0.2) is 35.9 Å². The van der Waals surface area contributed by atoms with E-state index in [4.69, 9.17) is 4.74 Å². The van der Waals surface area contributed by atoms with E-state index < -0.39 is 0 Å². The maximum atomic E-state index is 12.1. The Morgan fingerprint density at radius 1 is 1.24 bits per heavy atom. The molecular formula is C15H18O2. The van der Waals surface area contributed by atoms with Crippen LogP contribution < -0.4 is 4.74 Å². The van der Waals surface area contributed by atoms with Crippen LogP contribution in [0.25, 0.3) is 0 Å². The Labute approximate surface area is 102 Å². The van der Waals surface area contributed by atoms with E-state index in [-0.39, 0.29) is 11.9 Å². The molecule has 2 nitrogen and oxygen atoms in total. The second kappa shape index (κ2) is 5.17. The van der Waals surface area contributed by atoms with Gasteiger partial charge in [-0.15, -0.1) is 0 Å². The van der Waals surface area contributed by atoms with Crippen LogP contribution in [0.5, 0.6) is 5.75 Å². The van der Waals surface area contributed by atoms with Crippen molar-refractivity contribution >= 4 is 5.78 Å². The molecule has 0 atom stereocenters. The Morgan fingerprint density at radius 2 is 1.94 bits per heavy atom. The molecule has 0 spiro atoms. The van der Waals surface area contributed by atoms with Crippen LogP contribution >= 0.6 is 0 Å². The highest BCUT2D eigenvalue weighted by molar-refractivity contribution is 6.08. The topological polar surface area (TPSA) is 26.3 Å². The zero-order chi connectivity index (χ0) is 12.3. The van der Waals surface area contributed by atoms with Gasteiger partial charge in [0, 0.05) is 5.56 Å². The van der Waals surface area contributed by atoms with Gasteiger partial charge in [0.1, 0.15) is 5.75 Å². The fourth-order valence-electron chi connectivity index (χ4n) is 2.02. The van der Waals surface area contributed by atoms with Crippen LogP contribution in [0.3, 0.4) is 0 Å². The first kappa shape index (κ1) is 11.9. The third-order valence-electron chi connectivity index (χ3n) is 2.82. The summed E-state index contributed by atoms with van der Waals surface area (Å²) < 4.78 is 5.55. The molecule has 0 unspecified atom stereocenters. The van der Waals surface area contributed by atoms with E-state index in [0.29, 0.717) is 0 Å². The molecule has 2 heteroatoms. The highest BCUT2D eigenvalue weighted by Crippen LogP contribution is 2.23. The summed E-state index contributed by atoms with van der Waals surface area (Å²) >= 11 is 0. The minimum Gasteiger partial charge on any atom is -0.491 e. The summed E-state index contributed by atoms with van der Waals surface area (Å²) in [7, 11) is 0. The molecule has 0 saturated heterocycles. The van der Waals surface area contributed by atoms with E-state index in [9.17, 15) is 4.79 Å². The summed E-state index contributed by atoms with van der Waals surface area (Å²) in [5.74, 6) is 0.982. The van der Waals surface area contributed by atoms with Gasteiger partial charge in [0.2, 0.25) is 0 Å². The molecule has 0 radical (unpaired) electrons. The molecule has 0 saturated carbocycles. The quantitative estimate of drug-likeness (QED) is 0.736. The smallest absolute Gasteiger partial charge is 0.188 e. The summed E-state index contributed by atoms with van der Waals surface area (Å²) in [6.07, 6.45) is 5.28. The third-order valence-corrected chi connectivity index (χ3v) is 2.82. The number of allylic oxidation sites excluding steroid dienone is 2. The average molecular weight is 230 g/mol. The van der Waals surface area contributed by atoms with E-state index in [0.717, 1.165) is 36.1 Å². The number of benzene rings is 1. The van der Waals surface area contributed by atoms with Crippen molar-refractivity contribution in [2.75, 3.05) is 0 Å². The van der Waals surface area contributed by atoms with Gasteiger partial charge in [0.15, 0.2) is 5.78 Å². The lowest BCUT2D eigenvalue weighted by Crippen LogP contribution is -2.06. The van der Waals surface area contributed by atoms with Crippen LogP contribution in [-0.4, -0.2) is 11.9 Å². The van der Waals surface area contributed by atoms with Gasteiger partial charge in [-0.05, 0) is 62.9 Å². The Bertz CT molecular complexity index is 427. The van der Waals surface area contributed by atoms with E-state index >= 15 is 0 Å². The molecule has 0 bridgehead atoms. The number of rotatable bonds is 4. The van der Waals surface area contributed by atoms with Crippen LogP contribution in [0.2, 0.25) is 0 Å². The minimum absolute atomic E-state index is 0.161. The number of Topliss-reactive ketones (excluding diaryl/α,β-unsaturated/α-hetero) is 1. The highest BCUT2D eigenvalue weighted by Gasteiger charge is 2.15. The lowest BCUT2D eigenvalue weighted by atomic mass is 10.0. The monoisotopic (exact) mass is 230 g/mol. The number of carbonyl (C=O) groups excluding carboxylic acids is 1. The van der Waals surface area contributed by atoms with Crippen molar-refractivity contribution in [3.05, 3.63) is 41.5 Å². The molecule has 0 fully saturated rings. The Balaban J connectivity index is 2.09. The summed E-state index contributed by atoms with van der Waals surface area (Å²) in [6, 6.07) is 7.42. The minimum atomic E-state index is 0.161. The van der Waals surface area contributed by atoms with Crippen LogP contribution in [0, 0.1) is 0 Å². The zero-order valence-corrected chi connectivity index (χ0v) is 10.4. The zero-order valence-electron chi connectivity index (χ0n) is 10.4. The Kier molecular flexibility index (Phi) is 3.62. The number of ketones is 1. The van der Waals surface area contributed by atoms with Gasteiger partial charge in [-0.1, -0.05) is 6.08 Å². The second-order valence-corrected chi connectivity index (χ2v) is 4.64. The summed E-state index contributed by atoms with van der Waals surface area (Å²) in [6.45, 7) is 3.98. The fraction of sp³-hybridized carbons (Fsp3) is 0.400. The van der Waals surface area contributed by atoms with E-state index in [1.54, 1.807) is 0 Å². The van der Waals surface area contributed by atoms with E-state index in [2.05, 4.69) is 6.08 Å². The normalized spacial score (nSPS) is 14.9. The Morgan fingerprint density at radius 3 is 2.47 bits per heavy atom.